The zero-order chi connectivity index (χ0) is 12.8. The molecule has 3 N–H and O–H groups in total. The van der Waals surface area contributed by atoms with Crippen LogP contribution in [0.4, 0.5) is 4.39 Å². The fraction of sp³-hybridized carbons (Fsp3) is 0.538. The standard InChI is InChI=1S/C13H19FN2OS/c14-11-3-1-2-4-13(11)18-9-12(16-15)10-5-7-17-8-6-10/h1-4,10,12,16H,5-9,15H2. The Morgan fingerprint density at radius 3 is 2.78 bits per heavy atom. The van der Waals surface area contributed by atoms with Crippen LogP contribution in [0.1, 0.15) is 12.8 Å². The van der Waals surface area contributed by atoms with Crippen LogP contribution in [-0.4, -0.2) is 25.0 Å². The first-order valence-corrected chi connectivity index (χ1v) is 7.21. The SMILES string of the molecule is NNC(CSc1ccccc1F)C1CCOCC1. The second-order valence-electron chi connectivity index (χ2n) is 4.46. The van der Waals surface area contributed by atoms with Crippen molar-refractivity contribution in [3.05, 3.63) is 30.1 Å². The summed E-state index contributed by atoms with van der Waals surface area (Å²) in [6.45, 7) is 1.60. The molecule has 1 unspecified atom stereocenters. The number of hydrogen-bond donors (Lipinski definition) is 2. The van der Waals surface area contributed by atoms with Crippen LogP contribution in [0.15, 0.2) is 29.2 Å². The summed E-state index contributed by atoms with van der Waals surface area (Å²) in [5, 5.41) is 0. The van der Waals surface area contributed by atoms with E-state index in [9.17, 15) is 4.39 Å². The normalized spacial score (nSPS) is 18.8. The highest BCUT2D eigenvalue weighted by Gasteiger charge is 2.23. The van der Waals surface area contributed by atoms with Crippen molar-refractivity contribution < 1.29 is 9.13 Å². The average molecular weight is 270 g/mol. The molecule has 0 aliphatic carbocycles. The maximum atomic E-state index is 13.5. The molecule has 0 saturated carbocycles. The third-order valence-corrected chi connectivity index (χ3v) is 4.47. The third kappa shape index (κ3) is 3.68. The molecule has 18 heavy (non-hydrogen) atoms. The number of benzene rings is 1. The second kappa shape index (κ2) is 7.09. The van der Waals surface area contributed by atoms with Crippen LogP contribution >= 0.6 is 11.8 Å². The summed E-state index contributed by atoms with van der Waals surface area (Å²) in [7, 11) is 0. The Balaban J connectivity index is 1.88. The number of rotatable bonds is 5. The van der Waals surface area contributed by atoms with Crippen molar-refractivity contribution >= 4 is 11.8 Å². The van der Waals surface area contributed by atoms with E-state index in [1.165, 1.54) is 17.8 Å². The Kier molecular flexibility index (Phi) is 5.44. The first kappa shape index (κ1) is 13.8. The van der Waals surface area contributed by atoms with Crippen LogP contribution in [0.3, 0.4) is 0 Å². The Hall–Kier alpha value is -0.620. The van der Waals surface area contributed by atoms with Crippen molar-refractivity contribution in [1.29, 1.82) is 0 Å². The molecular weight excluding hydrogens is 251 g/mol. The number of hydrogen-bond acceptors (Lipinski definition) is 4. The van der Waals surface area contributed by atoms with Crippen LogP contribution in [-0.2, 0) is 4.74 Å². The van der Waals surface area contributed by atoms with Gasteiger partial charge in [0, 0.05) is 29.9 Å². The van der Waals surface area contributed by atoms with Crippen LogP contribution < -0.4 is 11.3 Å². The van der Waals surface area contributed by atoms with Gasteiger partial charge in [0.25, 0.3) is 0 Å². The highest BCUT2D eigenvalue weighted by atomic mass is 32.2. The fourth-order valence-electron chi connectivity index (χ4n) is 2.18. The van der Waals surface area contributed by atoms with E-state index in [1.807, 2.05) is 6.07 Å². The lowest BCUT2D eigenvalue weighted by molar-refractivity contribution is 0.0566. The molecule has 1 fully saturated rings. The summed E-state index contributed by atoms with van der Waals surface area (Å²) < 4.78 is 18.8. The van der Waals surface area contributed by atoms with Gasteiger partial charge in [0.05, 0.1) is 0 Å². The van der Waals surface area contributed by atoms with Gasteiger partial charge in [0.2, 0.25) is 0 Å². The summed E-state index contributed by atoms with van der Waals surface area (Å²) in [5.74, 6) is 6.74. The predicted octanol–water partition coefficient (Wildman–Crippen LogP) is 2.18. The van der Waals surface area contributed by atoms with E-state index in [4.69, 9.17) is 10.6 Å². The molecule has 1 heterocycles. The first-order valence-electron chi connectivity index (χ1n) is 6.22. The van der Waals surface area contributed by atoms with Gasteiger partial charge in [-0.15, -0.1) is 11.8 Å². The second-order valence-corrected chi connectivity index (χ2v) is 5.53. The van der Waals surface area contributed by atoms with Crippen molar-refractivity contribution in [3.63, 3.8) is 0 Å². The van der Waals surface area contributed by atoms with E-state index in [0.29, 0.717) is 10.8 Å². The van der Waals surface area contributed by atoms with Gasteiger partial charge in [-0.3, -0.25) is 11.3 Å². The molecule has 1 aromatic carbocycles. The van der Waals surface area contributed by atoms with Gasteiger partial charge in [-0.25, -0.2) is 4.39 Å². The number of nitrogens with two attached hydrogens (primary N) is 1. The van der Waals surface area contributed by atoms with Crippen LogP contribution in [0.2, 0.25) is 0 Å². The highest BCUT2D eigenvalue weighted by molar-refractivity contribution is 7.99. The van der Waals surface area contributed by atoms with Crippen molar-refractivity contribution in [3.8, 4) is 0 Å². The molecule has 1 aliphatic heterocycles. The third-order valence-electron chi connectivity index (χ3n) is 3.30. The number of thioether (sulfide) groups is 1. The van der Waals surface area contributed by atoms with Crippen molar-refractivity contribution in [2.75, 3.05) is 19.0 Å². The molecule has 2 rings (SSSR count). The maximum absolute atomic E-state index is 13.5. The molecule has 0 spiro atoms. The molecule has 1 aromatic rings. The molecule has 3 nitrogen and oxygen atoms in total. The van der Waals surface area contributed by atoms with E-state index >= 15 is 0 Å². The average Bonchev–Trinajstić information content (AvgIpc) is 2.42. The molecule has 1 atom stereocenters. The van der Waals surface area contributed by atoms with Gasteiger partial charge in [0.15, 0.2) is 0 Å². The first-order chi connectivity index (χ1) is 8.81. The number of hydrazine groups is 1. The molecule has 0 radical (unpaired) electrons. The molecule has 0 aromatic heterocycles. The molecule has 100 valence electrons. The van der Waals surface area contributed by atoms with Crippen molar-refractivity contribution in [2.24, 2.45) is 11.8 Å². The maximum Gasteiger partial charge on any atom is 0.136 e. The van der Waals surface area contributed by atoms with Gasteiger partial charge < -0.3 is 4.74 Å². The predicted molar refractivity (Wildman–Crippen MR) is 71.8 cm³/mol. The topological polar surface area (TPSA) is 47.3 Å². The van der Waals surface area contributed by atoms with Crippen molar-refractivity contribution in [2.45, 2.75) is 23.8 Å². The molecule has 5 heteroatoms. The summed E-state index contributed by atoms with van der Waals surface area (Å²) in [6, 6.07) is 7.05. The largest absolute Gasteiger partial charge is 0.381 e. The summed E-state index contributed by atoms with van der Waals surface area (Å²) >= 11 is 1.52. The minimum Gasteiger partial charge on any atom is -0.381 e. The minimum absolute atomic E-state index is 0.162. The monoisotopic (exact) mass is 270 g/mol. The van der Waals surface area contributed by atoms with E-state index in [0.717, 1.165) is 31.8 Å². The molecule has 1 saturated heterocycles. The van der Waals surface area contributed by atoms with Crippen molar-refractivity contribution in [1.82, 2.24) is 5.43 Å². The lowest BCUT2D eigenvalue weighted by Crippen LogP contribution is -2.44. The van der Waals surface area contributed by atoms with E-state index in [1.54, 1.807) is 12.1 Å². The number of nitrogens with one attached hydrogen (secondary N) is 1. The fourth-order valence-corrected chi connectivity index (χ4v) is 3.29. The van der Waals surface area contributed by atoms with Gasteiger partial charge in [-0.2, -0.15) is 0 Å². The van der Waals surface area contributed by atoms with Gasteiger partial charge in [-0.1, -0.05) is 12.1 Å². The lowest BCUT2D eigenvalue weighted by atomic mass is 9.93. The van der Waals surface area contributed by atoms with Gasteiger partial charge in [0.1, 0.15) is 5.82 Å². The molecule has 0 amide bonds. The zero-order valence-corrected chi connectivity index (χ0v) is 11.1. The Morgan fingerprint density at radius 2 is 2.11 bits per heavy atom. The molecule has 1 aliphatic rings. The number of halogens is 1. The Labute approximate surface area is 111 Å². The summed E-state index contributed by atoms with van der Waals surface area (Å²) in [6.07, 6.45) is 2.04. The highest BCUT2D eigenvalue weighted by Crippen LogP contribution is 2.26. The van der Waals surface area contributed by atoms with Gasteiger partial charge in [-0.05, 0) is 30.9 Å². The van der Waals surface area contributed by atoms with E-state index in [2.05, 4.69) is 5.43 Å². The van der Waals surface area contributed by atoms with Gasteiger partial charge >= 0.3 is 0 Å². The van der Waals surface area contributed by atoms with Crippen LogP contribution in [0.25, 0.3) is 0 Å². The molecule has 0 bridgehead atoms. The van der Waals surface area contributed by atoms with E-state index < -0.39 is 0 Å². The van der Waals surface area contributed by atoms with Crippen LogP contribution in [0.5, 0.6) is 0 Å². The lowest BCUT2D eigenvalue weighted by Gasteiger charge is -2.29. The Morgan fingerprint density at radius 1 is 1.39 bits per heavy atom. The smallest absolute Gasteiger partial charge is 0.136 e. The van der Waals surface area contributed by atoms with Crippen LogP contribution in [0, 0.1) is 11.7 Å². The Bertz CT molecular complexity index is 372. The quantitative estimate of drug-likeness (QED) is 0.489. The summed E-state index contributed by atoms with van der Waals surface area (Å²) in [4.78, 5) is 0.685. The number of ether oxygens (including phenoxy) is 1. The van der Waals surface area contributed by atoms with E-state index in [-0.39, 0.29) is 11.9 Å². The zero-order valence-electron chi connectivity index (χ0n) is 10.3. The summed E-state index contributed by atoms with van der Waals surface area (Å²) in [5.41, 5.74) is 2.86. The molecular formula is C13H19FN2OS. The minimum atomic E-state index is -0.162.